The average Bonchev–Trinajstić information content (AvgIpc) is 2.51. The monoisotopic (exact) mass is 368 g/mol. The van der Waals surface area contributed by atoms with Crippen LogP contribution in [0.25, 0.3) is 0 Å². The number of hydrogen-bond acceptors (Lipinski definition) is 2. The molecule has 2 rings (SSSR count). The van der Waals surface area contributed by atoms with Gasteiger partial charge in [0.2, 0.25) is 5.91 Å². The molecular weight excluding hydrogens is 350 g/mol. The Kier molecular flexibility index (Phi) is 7.03. The molecule has 0 bridgehead atoms. The second-order valence-electron chi connectivity index (χ2n) is 5.60. The average molecular weight is 369 g/mol. The summed E-state index contributed by atoms with van der Waals surface area (Å²) in [4.78, 5) is 13.7. The van der Waals surface area contributed by atoms with E-state index in [4.69, 9.17) is 23.2 Å². The molecule has 3 nitrogen and oxygen atoms in total. The Hall–Kier alpha value is -1.62. The molecule has 2 aromatic carbocycles. The molecule has 6 heteroatoms. The lowest BCUT2D eigenvalue weighted by molar-refractivity contribution is -0.122. The molecule has 0 unspecified atom stereocenters. The van der Waals surface area contributed by atoms with Crippen molar-refractivity contribution in [3.63, 3.8) is 0 Å². The standard InChI is InChI=1S/C18H19Cl2FN2O/c1-23(11-15-16(20)6-3-7-17(15)21)12-18(24)22-9-8-13-4-2-5-14(19)10-13/h2-7,10H,8-9,11-12H2,1H3,(H,22,24). The number of likely N-dealkylation sites (N-methyl/N-ethyl adjacent to an activating group) is 1. The van der Waals surface area contributed by atoms with E-state index in [0.717, 1.165) is 5.56 Å². The van der Waals surface area contributed by atoms with Crippen LogP contribution in [0.4, 0.5) is 4.39 Å². The molecule has 0 fully saturated rings. The van der Waals surface area contributed by atoms with E-state index in [1.165, 1.54) is 6.07 Å². The lowest BCUT2D eigenvalue weighted by Crippen LogP contribution is -2.36. The molecule has 1 N–H and O–H groups in total. The molecule has 0 aliphatic carbocycles. The third-order valence-corrected chi connectivity index (χ3v) is 4.12. The van der Waals surface area contributed by atoms with Gasteiger partial charge in [-0.05, 0) is 43.3 Å². The van der Waals surface area contributed by atoms with Crippen molar-refractivity contribution in [1.29, 1.82) is 0 Å². The summed E-state index contributed by atoms with van der Waals surface area (Å²) in [7, 11) is 1.75. The van der Waals surface area contributed by atoms with Crippen LogP contribution in [0.5, 0.6) is 0 Å². The minimum absolute atomic E-state index is 0.119. The Morgan fingerprint density at radius 2 is 1.96 bits per heavy atom. The predicted molar refractivity (Wildman–Crippen MR) is 95.9 cm³/mol. The summed E-state index contributed by atoms with van der Waals surface area (Å²) >= 11 is 11.9. The first-order chi connectivity index (χ1) is 11.5. The normalized spacial score (nSPS) is 10.9. The van der Waals surface area contributed by atoms with Crippen LogP contribution in [-0.4, -0.2) is 30.9 Å². The van der Waals surface area contributed by atoms with E-state index in [9.17, 15) is 9.18 Å². The Balaban J connectivity index is 1.77. The van der Waals surface area contributed by atoms with Crippen molar-refractivity contribution < 1.29 is 9.18 Å². The molecule has 1 amide bonds. The SMILES string of the molecule is CN(CC(=O)NCCc1cccc(Cl)c1)Cc1c(F)cccc1Cl. The second-order valence-corrected chi connectivity index (χ2v) is 6.45. The molecule has 0 atom stereocenters. The maximum Gasteiger partial charge on any atom is 0.234 e. The van der Waals surface area contributed by atoms with Gasteiger partial charge in [0.05, 0.1) is 6.54 Å². The molecule has 0 aliphatic heterocycles. The zero-order valence-electron chi connectivity index (χ0n) is 13.4. The van der Waals surface area contributed by atoms with Crippen molar-refractivity contribution in [3.8, 4) is 0 Å². The number of benzene rings is 2. The van der Waals surface area contributed by atoms with Crippen LogP contribution < -0.4 is 5.32 Å². The molecule has 0 aromatic heterocycles. The quantitative estimate of drug-likeness (QED) is 0.802. The number of carbonyl (C=O) groups is 1. The highest BCUT2D eigenvalue weighted by Crippen LogP contribution is 2.20. The molecule has 2 aromatic rings. The van der Waals surface area contributed by atoms with Gasteiger partial charge in [-0.25, -0.2) is 4.39 Å². The van der Waals surface area contributed by atoms with Crippen LogP contribution >= 0.6 is 23.2 Å². The minimum Gasteiger partial charge on any atom is -0.355 e. The first-order valence-corrected chi connectivity index (χ1v) is 8.34. The topological polar surface area (TPSA) is 32.3 Å². The van der Waals surface area contributed by atoms with Gasteiger partial charge < -0.3 is 5.32 Å². The highest BCUT2D eigenvalue weighted by Gasteiger charge is 2.12. The summed E-state index contributed by atoms with van der Waals surface area (Å²) in [6.07, 6.45) is 0.704. The smallest absolute Gasteiger partial charge is 0.234 e. The Labute approximate surface area is 151 Å². The van der Waals surface area contributed by atoms with E-state index in [1.807, 2.05) is 24.3 Å². The van der Waals surface area contributed by atoms with Gasteiger partial charge in [-0.15, -0.1) is 0 Å². The summed E-state index contributed by atoms with van der Waals surface area (Å²) in [6.45, 7) is 0.959. The van der Waals surface area contributed by atoms with E-state index in [2.05, 4.69) is 5.32 Å². The highest BCUT2D eigenvalue weighted by molar-refractivity contribution is 6.31. The van der Waals surface area contributed by atoms with E-state index < -0.39 is 0 Å². The third kappa shape index (κ3) is 5.78. The number of amides is 1. The number of nitrogens with zero attached hydrogens (tertiary/aromatic N) is 1. The first kappa shape index (κ1) is 18.7. The van der Waals surface area contributed by atoms with Crippen molar-refractivity contribution >= 4 is 29.1 Å². The van der Waals surface area contributed by atoms with Crippen molar-refractivity contribution in [1.82, 2.24) is 10.2 Å². The molecule has 0 saturated heterocycles. The highest BCUT2D eigenvalue weighted by atomic mass is 35.5. The van der Waals surface area contributed by atoms with Crippen LogP contribution in [0.3, 0.4) is 0 Å². The van der Waals surface area contributed by atoms with Crippen molar-refractivity contribution in [3.05, 3.63) is 69.5 Å². The molecule has 0 heterocycles. The number of halogens is 3. The van der Waals surface area contributed by atoms with Gasteiger partial charge in [-0.2, -0.15) is 0 Å². The van der Waals surface area contributed by atoms with Crippen LogP contribution in [0.2, 0.25) is 10.0 Å². The fourth-order valence-electron chi connectivity index (χ4n) is 2.35. The van der Waals surface area contributed by atoms with Gasteiger partial charge in [-0.3, -0.25) is 9.69 Å². The maximum absolute atomic E-state index is 13.7. The van der Waals surface area contributed by atoms with Crippen LogP contribution in [0.1, 0.15) is 11.1 Å². The van der Waals surface area contributed by atoms with Crippen LogP contribution in [-0.2, 0) is 17.8 Å². The fraction of sp³-hybridized carbons (Fsp3) is 0.278. The summed E-state index contributed by atoms with van der Waals surface area (Å²) < 4.78 is 13.7. The molecule has 0 saturated carbocycles. The van der Waals surface area contributed by atoms with E-state index in [-0.39, 0.29) is 24.8 Å². The van der Waals surface area contributed by atoms with Gasteiger partial charge >= 0.3 is 0 Å². The van der Waals surface area contributed by atoms with Gasteiger partial charge in [0.15, 0.2) is 0 Å². The summed E-state index contributed by atoms with van der Waals surface area (Å²) in [6, 6.07) is 12.1. The van der Waals surface area contributed by atoms with E-state index in [1.54, 1.807) is 24.1 Å². The molecule has 0 spiro atoms. The zero-order valence-corrected chi connectivity index (χ0v) is 14.9. The minimum atomic E-state index is -0.365. The Morgan fingerprint density at radius 1 is 1.21 bits per heavy atom. The molecular formula is C18H19Cl2FN2O. The fourth-order valence-corrected chi connectivity index (χ4v) is 2.78. The van der Waals surface area contributed by atoms with E-state index >= 15 is 0 Å². The molecule has 0 radical (unpaired) electrons. The lowest BCUT2D eigenvalue weighted by Gasteiger charge is -2.17. The number of rotatable bonds is 7. The van der Waals surface area contributed by atoms with E-state index in [0.29, 0.717) is 28.6 Å². The van der Waals surface area contributed by atoms with Crippen LogP contribution in [0, 0.1) is 5.82 Å². The molecule has 24 heavy (non-hydrogen) atoms. The van der Waals surface area contributed by atoms with Crippen LogP contribution in [0.15, 0.2) is 42.5 Å². The van der Waals surface area contributed by atoms with Crippen molar-refractivity contribution in [2.45, 2.75) is 13.0 Å². The second kappa shape index (κ2) is 9.02. The first-order valence-electron chi connectivity index (χ1n) is 7.58. The summed E-state index contributed by atoms with van der Waals surface area (Å²) in [5.74, 6) is -0.484. The number of nitrogens with one attached hydrogen (secondary N) is 1. The van der Waals surface area contributed by atoms with Gasteiger partial charge in [0, 0.05) is 28.7 Å². The largest absolute Gasteiger partial charge is 0.355 e. The molecule has 128 valence electrons. The number of hydrogen-bond donors (Lipinski definition) is 1. The van der Waals surface area contributed by atoms with Crippen molar-refractivity contribution in [2.24, 2.45) is 0 Å². The van der Waals surface area contributed by atoms with Gasteiger partial charge in [0.25, 0.3) is 0 Å². The zero-order chi connectivity index (χ0) is 17.5. The predicted octanol–water partition coefficient (Wildman–Crippen LogP) is 3.92. The maximum atomic E-state index is 13.7. The van der Waals surface area contributed by atoms with Crippen molar-refractivity contribution in [2.75, 3.05) is 20.1 Å². The summed E-state index contributed by atoms with van der Waals surface area (Å²) in [5, 5.41) is 3.89. The Morgan fingerprint density at radius 3 is 2.67 bits per heavy atom. The lowest BCUT2D eigenvalue weighted by atomic mass is 10.1. The van der Waals surface area contributed by atoms with Gasteiger partial charge in [-0.1, -0.05) is 41.4 Å². The third-order valence-electron chi connectivity index (χ3n) is 3.53. The summed E-state index contributed by atoms with van der Waals surface area (Å²) in [5.41, 5.74) is 1.46. The Bertz CT molecular complexity index is 689. The molecule has 0 aliphatic rings. The number of carbonyl (C=O) groups excluding carboxylic acids is 1. The van der Waals surface area contributed by atoms with Gasteiger partial charge in [0.1, 0.15) is 5.82 Å².